The van der Waals surface area contributed by atoms with Crippen LogP contribution in [0.5, 0.6) is 0 Å². The van der Waals surface area contributed by atoms with E-state index in [1.165, 1.54) is 0 Å². The molecule has 2 unspecified atom stereocenters. The molecular weight excluding hydrogens is 338 g/mol. The Morgan fingerprint density at radius 2 is 1.96 bits per heavy atom. The highest BCUT2D eigenvalue weighted by Crippen LogP contribution is 2.17. The number of thiazole rings is 1. The fourth-order valence-corrected chi connectivity index (χ4v) is 3.34. The number of aliphatic hydroxyl groups is 2. The molecule has 0 aromatic carbocycles. The standard InChI is InChI=1S/C18H33N3O3S/c1-12(2)15(9-14-10-25-11-20-14)17(22)19-8-6-5-7-16(18(23)24)21-13(3)4/h10-13,15-16,18,21,23-24H,5-9H2,1-4H3,(H,19,22). The first kappa shape index (κ1) is 22.0. The molecule has 1 rings (SSSR count). The predicted molar refractivity (Wildman–Crippen MR) is 101 cm³/mol. The molecule has 7 heteroatoms. The van der Waals surface area contributed by atoms with Crippen LogP contribution in [0.2, 0.25) is 0 Å². The molecule has 1 aromatic heterocycles. The molecular formula is C18H33N3O3S. The number of nitrogens with one attached hydrogen (secondary N) is 2. The van der Waals surface area contributed by atoms with E-state index in [1.807, 2.05) is 19.2 Å². The lowest BCUT2D eigenvalue weighted by Gasteiger charge is -2.23. The first-order valence-electron chi connectivity index (χ1n) is 9.08. The zero-order valence-corrected chi connectivity index (χ0v) is 16.6. The molecule has 0 radical (unpaired) electrons. The molecule has 0 aliphatic rings. The van der Waals surface area contributed by atoms with Gasteiger partial charge in [0.1, 0.15) is 0 Å². The highest BCUT2D eigenvalue weighted by Gasteiger charge is 2.23. The number of hydrogen-bond acceptors (Lipinski definition) is 6. The molecule has 1 aromatic rings. The minimum atomic E-state index is -1.36. The van der Waals surface area contributed by atoms with E-state index in [2.05, 4.69) is 29.5 Å². The highest BCUT2D eigenvalue weighted by atomic mass is 32.1. The quantitative estimate of drug-likeness (QED) is 0.333. The Hall–Kier alpha value is -1.02. The number of unbranched alkanes of at least 4 members (excludes halogenated alkanes) is 1. The van der Waals surface area contributed by atoms with Crippen molar-refractivity contribution in [1.82, 2.24) is 15.6 Å². The van der Waals surface area contributed by atoms with Crippen LogP contribution in [-0.4, -0.2) is 46.0 Å². The second-order valence-electron chi connectivity index (χ2n) is 7.16. The molecule has 0 spiro atoms. The molecule has 6 nitrogen and oxygen atoms in total. The Labute approximate surface area is 155 Å². The molecule has 0 saturated heterocycles. The molecule has 4 N–H and O–H groups in total. The van der Waals surface area contributed by atoms with Crippen molar-refractivity contribution in [3.8, 4) is 0 Å². The van der Waals surface area contributed by atoms with Crippen LogP contribution in [0.4, 0.5) is 0 Å². The van der Waals surface area contributed by atoms with Crippen LogP contribution < -0.4 is 10.6 Å². The second kappa shape index (κ2) is 11.6. The lowest BCUT2D eigenvalue weighted by atomic mass is 9.90. The number of hydrogen-bond donors (Lipinski definition) is 4. The van der Waals surface area contributed by atoms with Crippen LogP contribution in [-0.2, 0) is 11.2 Å². The third kappa shape index (κ3) is 8.76. The molecule has 1 amide bonds. The van der Waals surface area contributed by atoms with Crippen LogP contribution in [0.1, 0.15) is 52.7 Å². The Balaban J connectivity index is 2.32. The third-order valence-corrected chi connectivity index (χ3v) is 4.84. The van der Waals surface area contributed by atoms with Crippen molar-refractivity contribution >= 4 is 17.2 Å². The summed E-state index contributed by atoms with van der Waals surface area (Å²) in [6.07, 6.45) is 1.61. The maximum absolute atomic E-state index is 12.4. The van der Waals surface area contributed by atoms with E-state index in [4.69, 9.17) is 0 Å². The summed E-state index contributed by atoms with van der Waals surface area (Å²) < 4.78 is 0. The molecule has 0 aliphatic carbocycles. The predicted octanol–water partition coefficient (Wildman–Crippen LogP) is 1.92. The van der Waals surface area contributed by atoms with Crippen LogP contribution >= 0.6 is 11.3 Å². The molecule has 2 atom stereocenters. The molecule has 25 heavy (non-hydrogen) atoms. The SMILES string of the molecule is CC(C)NC(CCCCNC(=O)C(Cc1cscn1)C(C)C)C(O)O. The lowest BCUT2D eigenvalue weighted by molar-refractivity contribution is -0.126. The molecule has 0 saturated carbocycles. The summed E-state index contributed by atoms with van der Waals surface area (Å²) in [7, 11) is 0. The second-order valence-corrected chi connectivity index (χ2v) is 7.88. The van der Waals surface area contributed by atoms with Gasteiger partial charge in [-0.25, -0.2) is 4.98 Å². The van der Waals surface area contributed by atoms with Gasteiger partial charge in [0.2, 0.25) is 5.91 Å². The van der Waals surface area contributed by atoms with Crippen molar-refractivity contribution < 1.29 is 15.0 Å². The van der Waals surface area contributed by atoms with Crippen molar-refractivity contribution in [2.45, 2.75) is 71.8 Å². The first-order valence-corrected chi connectivity index (χ1v) is 10.0. The van der Waals surface area contributed by atoms with Crippen molar-refractivity contribution in [2.24, 2.45) is 11.8 Å². The van der Waals surface area contributed by atoms with Gasteiger partial charge in [0.05, 0.1) is 17.2 Å². The van der Waals surface area contributed by atoms with Crippen molar-refractivity contribution in [2.75, 3.05) is 6.54 Å². The van der Waals surface area contributed by atoms with E-state index in [1.54, 1.807) is 16.8 Å². The summed E-state index contributed by atoms with van der Waals surface area (Å²) in [6, 6.07) is -0.132. The minimum Gasteiger partial charge on any atom is -0.367 e. The monoisotopic (exact) mass is 371 g/mol. The molecule has 144 valence electrons. The smallest absolute Gasteiger partial charge is 0.223 e. The highest BCUT2D eigenvalue weighted by molar-refractivity contribution is 7.07. The number of carbonyl (C=O) groups excluding carboxylic acids is 1. The third-order valence-electron chi connectivity index (χ3n) is 4.20. The summed E-state index contributed by atoms with van der Waals surface area (Å²) in [4.78, 5) is 16.7. The van der Waals surface area contributed by atoms with E-state index >= 15 is 0 Å². The lowest BCUT2D eigenvalue weighted by Crippen LogP contribution is -2.43. The van der Waals surface area contributed by atoms with Crippen LogP contribution in [0, 0.1) is 11.8 Å². The van der Waals surface area contributed by atoms with Gasteiger partial charge < -0.3 is 20.8 Å². The van der Waals surface area contributed by atoms with Crippen LogP contribution in [0.3, 0.4) is 0 Å². The average Bonchev–Trinajstić information content (AvgIpc) is 3.03. The maximum Gasteiger partial charge on any atom is 0.223 e. The summed E-state index contributed by atoms with van der Waals surface area (Å²) >= 11 is 1.55. The zero-order valence-electron chi connectivity index (χ0n) is 15.7. The van der Waals surface area contributed by atoms with Crippen molar-refractivity contribution in [1.29, 1.82) is 0 Å². The van der Waals surface area contributed by atoms with E-state index in [9.17, 15) is 15.0 Å². The summed E-state index contributed by atoms with van der Waals surface area (Å²) in [5.74, 6) is 0.254. The van der Waals surface area contributed by atoms with E-state index in [-0.39, 0.29) is 29.8 Å². The fraction of sp³-hybridized carbons (Fsp3) is 0.778. The Kier molecular flexibility index (Phi) is 10.2. The average molecular weight is 372 g/mol. The van der Waals surface area contributed by atoms with Crippen LogP contribution in [0.15, 0.2) is 10.9 Å². The topological polar surface area (TPSA) is 94.5 Å². The Morgan fingerprint density at radius 3 is 2.48 bits per heavy atom. The first-order chi connectivity index (χ1) is 11.8. The van der Waals surface area contributed by atoms with Crippen molar-refractivity contribution in [3.05, 3.63) is 16.6 Å². The summed E-state index contributed by atoms with van der Waals surface area (Å²) in [5, 5.41) is 26.9. The van der Waals surface area contributed by atoms with Gasteiger partial charge in [0.15, 0.2) is 6.29 Å². The van der Waals surface area contributed by atoms with E-state index in [0.717, 1.165) is 18.5 Å². The number of aromatic nitrogens is 1. The molecule has 0 bridgehead atoms. The molecule has 0 aliphatic heterocycles. The van der Waals surface area contributed by atoms with Gasteiger partial charge in [-0.1, -0.05) is 27.7 Å². The van der Waals surface area contributed by atoms with Gasteiger partial charge in [-0.2, -0.15) is 0 Å². The Bertz CT molecular complexity index is 478. The van der Waals surface area contributed by atoms with Gasteiger partial charge in [-0.15, -0.1) is 11.3 Å². The number of aliphatic hydroxyl groups excluding tert-OH is 1. The van der Waals surface area contributed by atoms with Crippen LogP contribution in [0.25, 0.3) is 0 Å². The minimum absolute atomic E-state index is 0.0713. The van der Waals surface area contributed by atoms with E-state index in [0.29, 0.717) is 19.4 Å². The number of amides is 1. The molecule has 1 heterocycles. The van der Waals surface area contributed by atoms with Gasteiger partial charge in [-0.3, -0.25) is 4.79 Å². The van der Waals surface area contributed by atoms with Gasteiger partial charge in [-0.05, 0) is 25.2 Å². The Morgan fingerprint density at radius 1 is 1.24 bits per heavy atom. The number of rotatable bonds is 12. The van der Waals surface area contributed by atoms with Gasteiger partial charge in [0.25, 0.3) is 0 Å². The normalized spacial score (nSPS) is 14.3. The van der Waals surface area contributed by atoms with Gasteiger partial charge >= 0.3 is 0 Å². The number of carbonyl (C=O) groups is 1. The largest absolute Gasteiger partial charge is 0.367 e. The summed E-state index contributed by atoms with van der Waals surface area (Å²) in [6.45, 7) is 8.67. The molecule has 0 fully saturated rings. The fourth-order valence-electron chi connectivity index (χ4n) is 2.77. The maximum atomic E-state index is 12.4. The van der Waals surface area contributed by atoms with Gasteiger partial charge in [0, 0.05) is 30.3 Å². The zero-order chi connectivity index (χ0) is 18.8. The van der Waals surface area contributed by atoms with E-state index < -0.39 is 6.29 Å². The number of nitrogens with zero attached hydrogens (tertiary/aromatic N) is 1. The van der Waals surface area contributed by atoms with Crippen molar-refractivity contribution in [3.63, 3.8) is 0 Å². The summed E-state index contributed by atoms with van der Waals surface area (Å²) in [5.41, 5.74) is 2.76.